The molecule has 44 heteroatoms. The van der Waals surface area contributed by atoms with Gasteiger partial charge in [0, 0.05) is 0 Å². The first kappa shape index (κ1) is 123. The normalized spacial score (nSPS) is 37.3. The third kappa shape index (κ3) is 38.5. The van der Waals surface area contributed by atoms with Crippen molar-refractivity contribution in [1.29, 1.82) is 0 Å². The van der Waals surface area contributed by atoms with Crippen LogP contribution in [0.5, 0.6) is 0 Å². The smallest absolute Gasteiger partial charge is 0.276 e. The van der Waals surface area contributed by atoms with Crippen LogP contribution in [0.1, 0.15) is 218 Å². The number of carboxylic acid groups (broad SMARTS) is 1. The number of phosphoric ester groups is 2. The van der Waals surface area contributed by atoms with Gasteiger partial charge in [-0.3, -0.25) is 13.7 Å². The molecular formula is C97H157O42P2-3. The second-order valence-electron chi connectivity index (χ2n) is 38.0. The Kier molecular flexibility index (Phi) is 52.9. The van der Waals surface area contributed by atoms with Crippen molar-refractivity contribution in [3.63, 3.8) is 0 Å². The lowest BCUT2D eigenvalue weighted by atomic mass is 9.95. The van der Waals surface area contributed by atoms with Crippen LogP contribution in [-0.4, -0.2) is 363 Å². The van der Waals surface area contributed by atoms with Crippen LogP contribution < -0.4 is 14.9 Å². The van der Waals surface area contributed by atoms with Gasteiger partial charge in [0.25, 0.3) is 15.6 Å². The summed E-state index contributed by atoms with van der Waals surface area (Å²) in [4.78, 5) is 39.0. The van der Waals surface area contributed by atoms with Crippen LogP contribution in [0.25, 0.3) is 0 Å². The van der Waals surface area contributed by atoms with E-state index in [1.165, 1.54) is 64.0 Å². The fourth-order valence-electron chi connectivity index (χ4n) is 16.8. The molecule has 7 heterocycles. The number of carbonyl (C=O) groups is 1. The number of hydrogen-bond acceptors (Lipinski definition) is 42. The van der Waals surface area contributed by atoms with Crippen molar-refractivity contribution in [3.8, 4) is 0 Å². The third-order valence-corrected chi connectivity index (χ3v) is 28.6. The maximum Gasteiger partial charge on any atom is 0.276 e. The molecule has 0 aliphatic carbocycles. The van der Waals surface area contributed by atoms with Crippen molar-refractivity contribution in [2.24, 2.45) is 0 Å². The molecule has 0 amide bonds. The van der Waals surface area contributed by atoms with Crippen LogP contribution in [0.4, 0.5) is 0 Å². The van der Waals surface area contributed by atoms with Crippen LogP contribution in [0.2, 0.25) is 0 Å². The quantitative estimate of drug-likeness (QED) is 0.0304. The summed E-state index contributed by atoms with van der Waals surface area (Å²) < 4.78 is 112. The predicted molar refractivity (Wildman–Crippen MR) is 499 cm³/mol. The summed E-state index contributed by atoms with van der Waals surface area (Å²) in [6, 6.07) is 0. The number of ether oxygens (including phenoxy) is 13. The van der Waals surface area contributed by atoms with Crippen molar-refractivity contribution in [1.82, 2.24) is 0 Å². The number of aliphatic hydroxyl groups is 20. The Morgan fingerprint density at radius 3 is 1.00 bits per heavy atom. The Morgan fingerprint density at radius 2 is 0.589 bits per heavy atom. The molecule has 7 aliphatic rings. The van der Waals surface area contributed by atoms with Gasteiger partial charge in [-0.1, -0.05) is 128 Å². The minimum Gasteiger partial charge on any atom is -0.756 e. The Morgan fingerprint density at radius 1 is 0.298 bits per heavy atom. The first-order valence-corrected chi connectivity index (χ1v) is 51.4. The maximum absolute atomic E-state index is 13.2. The molecule has 7 rings (SSSR count). The SMILES string of the molecule is C/C=C(/C)CC/C=C(/C)CC/C=C(/C)CC/C=C(/C)CC/C=C(/C)CC/C=C(/C)CC/C=C(/C)CC/C=C(/C)CC/C=C(\C)CC/C=C(\C)CC/C=C(\C)COP(=O)([O-])OP(=O)([O-])O[C@H]1O[C@H](CO)[C@@H](O[C@@H]2O[C@H](CO)[C@@H](O)[C@H](O[C@H]3O[C@H](CO)[C@@H](O)[C@H](O)[C@@H]3O[C@@H]3O[C@H](C(=O)[O-])[C@@H](O[C@H]4O[C@H](CO[C@@H]5O[C@H](CO[C@@H]6O[C@@H](C)[C@H](O)[C@@H](O)[C@H]6O)[C@@H](O)[C@H](O)[C@H]5O)[C@@H](O)[C@H](O)[C@H]4O)[C@H](O)[C@H]3O)[C@H]2O)[C@H](O)[C@H]1O. The average molecular weight is 2060 g/mol. The highest BCUT2D eigenvalue weighted by Crippen LogP contribution is 2.57. The summed E-state index contributed by atoms with van der Waals surface area (Å²) in [5.74, 6) is -2.29. The fraction of sp³-hybridized carbons (Fsp3) is 0.763. The van der Waals surface area contributed by atoms with E-state index in [9.17, 15) is 131 Å². The van der Waals surface area contributed by atoms with Crippen molar-refractivity contribution < 1.29 is 206 Å². The van der Waals surface area contributed by atoms with Gasteiger partial charge in [-0.15, -0.1) is 0 Å². The lowest BCUT2D eigenvalue weighted by Gasteiger charge is -2.50. The summed E-state index contributed by atoms with van der Waals surface area (Å²) >= 11 is 0. The molecule has 42 nitrogen and oxygen atoms in total. The van der Waals surface area contributed by atoms with E-state index in [4.69, 9.17) is 70.6 Å². The Balaban J connectivity index is 0.819. The van der Waals surface area contributed by atoms with Gasteiger partial charge in [-0.25, -0.2) is 4.31 Å². The second kappa shape index (κ2) is 60.4. The highest BCUT2D eigenvalue weighted by molar-refractivity contribution is 7.59. The van der Waals surface area contributed by atoms with E-state index in [0.29, 0.717) is 18.4 Å². The number of carbonyl (C=O) groups excluding carboxylic acids is 1. The van der Waals surface area contributed by atoms with Gasteiger partial charge >= 0.3 is 0 Å². The number of rotatable bonds is 55. The highest BCUT2D eigenvalue weighted by atomic mass is 31.3. The molecule has 0 aromatic carbocycles. The molecule has 2 unspecified atom stereocenters. The van der Waals surface area contributed by atoms with E-state index < -0.39 is 276 Å². The van der Waals surface area contributed by atoms with Crippen LogP contribution >= 0.6 is 15.6 Å². The van der Waals surface area contributed by atoms with E-state index >= 15 is 0 Å². The first-order valence-electron chi connectivity index (χ1n) is 48.4. The topological polar surface area (TPSA) is 673 Å². The van der Waals surface area contributed by atoms with E-state index in [-0.39, 0.29) is 0 Å². The van der Waals surface area contributed by atoms with Crippen LogP contribution in [-0.2, 0) is 88.9 Å². The summed E-state index contributed by atoms with van der Waals surface area (Å²) in [6.45, 7) is 21.0. The van der Waals surface area contributed by atoms with Gasteiger partial charge in [0.2, 0.25) is 0 Å². The molecule has 0 spiro atoms. The zero-order valence-corrected chi connectivity index (χ0v) is 84.6. The van der Waals surface area contributed by atoms with Crippen molar-refractivity contribution in [2.45, 2.75) is 433 Å². The lowest BCUT2D eigenvalue weighted by molar-refractivity contribution is -0.405. The van der Waals surface area contributed by atoms with E-state index in [1.54, 1.807) is 6.08 Å². The zero-order valence-electron chi connectivity index (χ0n) is 82.8. The molecule has 37 atom stereocenters. The molecule has 0 bridgehead atoms. The van der Waals surface area contributed by atoms with Crippen LogP contribution in [0.3, 0.4) is 0 Å². The molecule has 7 fully saturated rings. The standard InChI is InChI=1S/C97H160O42P2/c1-14-51(2)25-15-26-52(3)27-16-28-53(4)29-17-30-54(5)31-18-32-55(6)33-19-34-56(7)35-20-36-57(8)37-21-38-58(9)39-22-40-59(10)41-23-42-60(11)43-24-44-61(12)48-126-140(120,121)139-141(122,123)138-96-83(116)77(110)85(65(47-100)130-96)133-95-84(117)86(72(105)64(46-99)128-95)134-97-88(76(109)69(102)63(45-98)129-97)136-94-82(115)78(111)87(89(137-94)90(118)119)135-93-81(114)75(108)71(104)67(132-93)50-125-92-80(113)74(107)70(103)66(131-92)49-124-91-79(112)73(106)68(101)62(13)127-91/h14,26,28,30,32,34,36,38,40,42,44,62-89,91-117H,15-25,27,29,31,33,35,37,39,41,43,45-50H2,1-13H3,(H,118,119)(H,120,121)(H,122,123)/p-3/b51-14-,52-26-,53-28-,54-30-,55-32-,56-34-,57-36-,58-38-,59-40+,60-42+,61-44+/t62-,63+,64+,65+,66+,67+,68-,69+,70+,71+,72+,73+,74-,75-,76-,77+,78+,79+,80+,81+,82+,83+,84+,85+,86-,87-,88-,89-,91+,92+,93+,94+,95-,96+,97+/m0/s1. The molecule has 141 heavy (non-hydrogen) atoms. The molecule has 810 valence electrons. The summed E-state index contributed by atoms with van der Waals surface area (Å²) in [7, 11) is -12.0. The molecule has 7 saturated heterocycles. The number of carboxylic acids is 1. The molecule has 0 saturated carbocycles. The zero-order chi connectivity index (χ0) is 105. The summed E-state index contributed by atoms with van der Waals surface area (Å²) in [5, 5.41) is 232. The van der Waals surface area contributed by atoms with Crippen molar-refractivity contribution in [3.05, 3.63) is 128 Å². The number of aliphatic carboxylic acids is 1. The predicted octanol–water partition coefficient (Wildman–Crippen LogP) is 1.73. The average Bonchev–Trinajstić information content (AvgIpc) is 0.766. The van der Waals surface area contributed by atoms with Gasteiger partial charge < -0.3 is 188 Å². The molecule has 0 aromatic heterocycles. The highest BCUT2D eigenvalue weighted by Gasteiger charge is 2.59. The lowest BCUT2D eigenvalue weighted by Crippen LogP contribution is -2.69. The molecule has 0 radical (unpaired) electrons. The molecule has 20 N–H and O–H groups in total. The molecular weight excluding hydrogens is 1900 g/mol. The van der Waals surface area contributed by atoms with Crippen LogP contribution in [0, 0.1) is 0 Å². The Hall–Kier alpha value is -4.45. The van der Waals surface area contributed by atoms with Crippen molar-refractivity contribution in [2.75, 3.05) is 39.6 Å². The van der Waals surface area contributed by atoms with Gasteiger partial charge in [0.15, 0.2) is 44.0 Å². The Labute approximate surface area is 824 Å². The fourth-order valence-corrected chi connectivity index (χ4v) is 18.9. The van der Waals surface area contributed by atoms with Crippen molar-refractivity contribution >= 4 is 21.6 Å². The number of phosphoric acid groups is 2. The van der Waals surface area contributed by atoms with Gasteiger partial charge in [0.1, 0.15) is 165 Å². The minimum atomic E-state index is -6.18. The van der Waals surface area contributed by atoms with Gasteiger partial charge in [-0.2, -0.15) is 0 Å². The van der Waals surface area contributed by atoms with E-state index in [1.807, 2.05) is 6.92 Å². The maximum atomic E-state index is 13.2. The van der Waals surface area contributed by atoms with Gasteiger partial charge in [0.05, 0.1) is 51.7 Å². The second-order valence-corrected chi connectivity index (χ2v) is 40.9. The first-order chi connectivity index (χ1) is 66.5. The monoisotopic (exact) mass is 2060 g/mol. The number of allylic oxidation sites excluding steroid dienone is 21. The largest absolute Gasteiger partial charge is 0.756 e. The molecule has 7 aliphatic heterocycles. The van der Waals surface area contributed by atoms with E-state index in [0.717, 1.165) is 121 Å². The van der Waals surface area contributed by atoms with Crippen LogP contribution in [0.15, 0.2) is 128 Å². The number of aliphatic hydroxyl groups excluding tert-OH is 20. The summed E-state index contributed by atoms with van der Waals surface area (Å²) in [5.41, 5.74) is 14.2. The Bertz CT molecular complexity index is 4240. The number of hydrogen-bond donors (Lipinski definition) is 20. The summed E-state index contributed by atoms with van der Waals surface area (Å²) in [6.07, 6.45) is -30.5. The van der Waals surface area contributed by atoms with Gasteiger partial charge in [-0.05, 0) is 218 Å². The van der Waals surface area contributed by atoms with E-state index in [2.05, 4.69) is 134 Å². The molecule has 0 aromatic rings. The minimum absolute atomic E-state index is 0.368. The third-order valence-electron chi connectivity index (χ3n) is 26.1.